The number of nitrogens with one attached hydrogen (secondary N) is 1. The molecule has 2 aliphatic rings. The Morgan fingerprint density at radius 2 is 1.79 bits per heavy atom. The second-order valence-corrected chi connectivity index (χ2v) is 8.08. The van der Waals surface area contributed by atoms with E-state index in [-0.39, 0.29) is 34.5 Å². The van der Waals surface area contributed by atoms with Crippen molar-refractivity contribution < 1.29 is 23.9 Å². The number of hydrogen-bond acceptors (Lipinski definition) is 6. The number of halogens is 2. The molecule has 0 radical (unpaired) electrons. The number of aryl methyl sites for hydroxylation is 1. The molecule has 3 atom stereocenters. The minimum absolute atomic E-state index is 0.0941. The van der Waals surface area contributed by atoms with E-state index < -0.39 is 24.5 Å². The molecule has 0 spiro atoms. The van der Waals surface area contributed by atoms with Crippen molar-refractivity contribution in [2.24, 2.45) is 11.8 Å². The highest BCUT2D eigenvalue weighted by Gasteiger charge is 2.51. The molecule has 1 saturated heterocycles. The molecule has 1 aliphatic heterocycles. The van der Waals surface area contributed by atoms with Gasteiger partial charge in [0.25, 0.3) is 5.91 Å². The SMILES string of the molecule is Cc1nc(NC(=O)COC(=O)[C@@H](C)N2C(=O)C3CCCCC3C2=O)c(Cl)cc1Cl. The fourth-order valence-corrected chi connectivity index (χ4v) is 4.15. The van der Waals surface area contributed by atoms with Crippen molar-refractivity contribution in [3.8, 4) is 0 Å². The Hall–Kier alpha value is -2.19. The van der Waals surface area contributed by atoms with Crippen LogP contribution in [0.15, 0.2) is 6.07 Å². The molecule has 3 amide bonds. The second kappa shape index (κ2) is 8.67. The standard InChI is InChI=1S/C19H21Cl2N3O5/c1-9-13(20)7-14(21)16(22-9)23-15(25)8-29-19(28)10(2)24-17(26)11-5-3-4-6-12(11)18(24)27/h7,10-12H,3-6,8H2,1-2H3,(H,22,23,25)/t10-,11?,12?/m1/s1. The van der Waals surface area contributed by atoms with E-state index in [0.717, 1.165) is 17.7 Å². The number of pyridine rings is 1. The zero-order valence-electron chi connectivity index (χ0n) is 16.0. The summed E-state index contributed by atoms with van der Waals surface area (Å²) in [6.07, 6.45) is 3.11. The second-order valence-electron chi connectivity index (χ2n) is 7.26. The van der Waals surface area contributed by atoms with E-state index in [2.05, 4.69) is 10.3 Å². The maximum atomic E-state index is 12.6. The summed E-state index contributed by atoms with van der Waals surface area (Å²) >= 11 is 11.9. The summed E-state index contributed by atoms with van der Waals surface area (Å²) < 4.78 is 5.00. The third-order valence-electron chi connectivity index (χ3n) is 5.31. The summed E-state index contributed by atoms with van der Waals surface area (Å²) in [5, 5.41) is 2.93. The van der Waals surface area contributed by atoms with Crippen LogP contribution in [0.5, 0.6) is 0 Å². The maximum Gasteiger partial charge on any atom is 0.329 e. The minimum atomic E-state index is -1.09. The van der Waals surface area contributed by atoms with Gasteiger partial charge in [-0.3, -0.25) is 19.3 Å². The fraction of sp³-hybridized carbons (Fsp3) is 0.526. The number of ether oxygens (including phenoxy) is 1. The van der Waals surface area contributed by atoms with Crippen molar-refractivity contribution in [1.29, 1.82) is 0 Å². The Labute approximate surface area is 177 Å². The van der Waals surface area contributed by atoms with E-state index in [1.54, 1.807) is 6.92 Å². The zero-order valence-corrected chi connectivity index (χ0v) is 17.5. The average Bonchev–Trinajstić information content (AvgIpc) is 2.94. The van der Waals surface area contributed by atoms with Gasteiger partial charge < -0.3 is 10.1 Å². The molecule has 2 unspecified atom stereocenters. The molecule has 1 N–H and O–H groups in total. The number of nitrogens with zero attached hydrogens (tertiary/aromatic N) is 2. The normalized spacial score (nSPS) is 22.3. The van der Waals surface area contributed by atoms with Crippen LogP contribution in [-0.2, 0) is 23.9 Å². The van der Waals surface area contributed by atoms with Crippen LogP contribution in [0, 0.1) is 18.8 Å². The molecule has 1 saturated carbocycles. The van der Waals surface area contributed by atoms with E-state index in [9.17, 15) is 19.2 Å². The molecule has 29 heavy (non-hydrogen) atoms. The van der Waals surface area contributed by atoms with Gasteiger partial charge in [0.2, 0.25) is 11.8 Å². The lowest BCUT2D eigenvalue weighted by Gasteiger charge is -2.21. The van der Waals surface area contributed by atoms with Gasteiger partial charge in [-0.05, 0) is 32.8 Å². The number of esters is 1. The number of rotatable bonds is 5. The number of carbonyl (C=O) groups is 4. The molecule has 1 aliphatic carbocycles. The molecule has 10 heteroatoms. The number of likely N-dealkylation sites (tertiary alicyclic amines) is 1. The Morgan fingerprint density at radius 1 is 1.21 bits per heavy atom. The minimum Gasteiger partial charge on any atom is -0.454 e. The summed E-state index contributed by atoms with van der Waals surface area (Å²) in [6.45, 7) is 2.47. The molecule has 1 aromatic rings. The van der Waals surface area contributed by atoms with E-state index >= 15 is 0 Å². The smallest absolute Gasteiger partial charge is 0.329 e. The van der Waals surface area contributed by atoms with Crippen molar-refractivity contribution in [3.63, 3.8) is 0 Å². The first-order valence-corrected chi connectivity index (χ1v) is 10.1. The first-order chi connectivity index (χ1) is 13.7. The van der Waals surface area contributed by atoms with Crippen LogP contribution in [0.2, 0.25) is 10.0 Å². The predicted octanol–water partition coefficient (Wildman–Crippen LogP) is 2.74. The van der Waals surface area contributed by atoms with Gasteiger partial charge in [0, 0.05) is 0 Å². The predicted molar refractivity (Wildman–Crippen MR) is 105 cm³/mol. The Kier molecular flexibility index (Phi) is 6.43. The van der Waals surface area contributed by atoms with Crippen LogP contribution in [0.1, 0.15) is 38.3 Å². The number of amides is 3. The van der Waals surface area contributed by atoms with Gasteiger partial charge in [0.1, 0.15) is 6.04 Å². The molecule has 0 aromatic carbocycles. The summed E-state index contributed by atoms with van der Waals surface area (Å²) in [7, 11) is 0. The molecular weight excluding hydrogens is 421 g/mol. The van der Waals surface area contributed by atoms with Gasteiger partial charge in [-0.25, -0.2) is 9.78 Å². The Balaban J connectivity index is 1.57. The molecule has 3 rings (SSSR count). The summed E-state index contributed by atoms with van der Waals surface area (Å²) in [5.74, 6) is -2.76. The maximum absolute atomic E-state index is 12.6. The third-order valence-corrected chi connectivity index (χ3v) is 5.98. The van der Waals surface area contributed by atoms with Crippen LogP contribution in [-0.4, -0.2) is 46.2 Å². The van der Waals surface area contributed by atoms with E-state index in [1.807, 2.05) is 0 Å². The van der Waals surface area contributed by atoms with Crippen molar-refractivity contribution in [1.82, 2.24) is 9.88 Å². The highest BCUT2D eigenvalue weighted by atomic mass is 35.5. The lowest BCUT2D eigenvalue weighted by Crippen LogP contribution is -2.45. The molecule has 2 fully saturated rings. The van der Waals surface area contributed by atoms with Gasteiger partial charge in [0.05, 0.1) is 27.6 Å². The van der Waals surface area contributed by atoms with Gasteiger partial charge >= 0.3 is 5.97 Å². The van der Waals surface area contributed by atoms with Gasteiger partial charge in [-0.1, -0.05) is 36.0 Å². The van der Waals surface area contributed by atoms with E-state index in [4.69, 9.17) is 27.9 Å². The fourth-order valence-electron chi connectivity index (χ4n) is 3.75. The monoisotopic (exact) mass is 441 g/mol. The number of aromatic nitrogens is 1. The Morgan fingerprint density at radius 3 is 2.38 bits per heavy atom. The van der Waals surface area contributed by atoms with Crippen molar-refractivity contribution in [2.75, 3.05) is 11.9 Å². The highest BCUT2D eigenvalue weighted by Crippen LogP contribution is 2.38. The average molecular weight is 442 g/mol. The van der Waals surface area contributed by atoms with Gasteiger partial charge in [0.15, 0.2) is 12.4 Å². The quantitative estimate of drug-likeness (QED) is 0.556. The topological polar surface area (TPSA) is 106 Å². The summed E-state index contributed by atoms with van der Waals surface area (Å²) in [4.78, 5) is 54.6. The highest BCUT2D eigenvalue weighted by molar-refractivity contribution is 6.36. The lowest BCUT2D eigenvalue weighted by molar-refractivity contribution is -0.159. The van der Waals surface area contributed by atoms with Crippen molar-refractivity contribution in [2.45, 2.75) is 45.6 Å². The molecule has 8 nitrogen and oxygen atoms in total. The van der Waals surface area contributed by atoms with Crippen molar-refractivity contribution >= 4 is 52.7 Å². The molecule has 0 bridgehead atoms. The van der Waals surface area contributed by atoms with Crippen LogP contribution in [0.25, 0.3) is 0 Å². The number of imide groups is 1. The number of fused-ring (bicyclic) bond motifs is 1. The van der Waals surface area contributed by atoms with Crippen LogP contribution in [0.4, 0.5) is 5.82 Å². The van der Waals surface area contributed by atoms with E-state index in [1.165, 1.54) is 13.0 Å². The van der Waals surface area contributed by atoms with Crippen LogP contribution in [0.3, 0.4) is 0 Å². The number of hydrogen-bond donors (Lipinski definition) is 1. The molecule has 1 aromatic heterocycles. The number of carbonyl (C=O) groups excluding carboxylic acids is 4. The molecule has 2 heterocycles. The van der Waals surface area contributed by atoms with E-state index in [0.29, 0.717) is 23.6 Å². The zero-order chi connectivity index (χ0) is 21.3. The van der Waals surface area contributed by atoms with Gasteiger partial charge in [-0.15, -0.1) is 0 Å². The molecule has 156 valence electrons. The van der Waals surface area contributed by atoms with Gasteiger partial charge in [-0.2, -0.15) is 0 Å². The van der Waals surface area contributed by atoms with Crippen LogP contribution < -0.4 is 5.32 Å². The first kappa shape index (κ1) is 21.5. The van der Waals surface area contributed by atoms with Crippen molar-refractivity contribution in [3.05, 3.63) is 21.8 Å². The Bertz CT molecular complexity index is 852. The molecular formula is C19H21Cl2N3O5. The van der Waals surface area contributed by atoms with Crippen LogP contribution >= 0.6 is 23.2 Å². The third kappa shape index (κ3) is 4.38. The first-order valence-electron chi connectivity index (χ1n) is 9.36. The summed E-state index contributed by atoms with van der Waals surface area (Å²) in [5.41, 5.74) is 0.476. The largest absolute Gasteiger partial charge is 0.454 e. The summed E-state index contributed by atoms with van der Waals surface area (Å²) in [6, 6.07) is 0.354. The lowest BCUT2D eigenvalue weighted by atomic mass is 9.81. The number of anilines is 1.